The first-order valence-electron chi connectivity index (χ1n) is 6.71. The number of fused-ring (bicyclic) bond motifs is 1. The van der Waals surface area contributed by atoms with Crippen molar-refractivity contribution < 1.29 is 9.47 Å². The lowest BCUT2D eigenvalue weighted by atomic mass is 9.98. The van der Waals surface area contributed by atoms with Gasteiger partial charge in [-0.15, -0.1) is 0 Å². The van der Waals surface area contributed by atoms with Crippen molar-refractivity contribution in [1.29, 1.82) is 0 Å². The van der Waals surface area contributed by atoms with Crippen LogP contribution in [0.5, 0.6) is 11.5 Å². The molecule has 98 valence electrons. The van der Waals surface area contributed by atoms with Crippen molar-refractivity contribution in [2.24, 2.45) is 0 Å². The van der Waals surface area contributed by atoms with Gasteiger partial charge in [0, 0.05) is 31.6 Å². The minimum absolute atomic E-state index is 0.343. The molecule has 2 aliphatic rings. The van der Waals surface area contributed by atoms with Gasteiger partial charge in [0.05, 0.1) is 13.2 Å². The molecule has 3 rings (SSSR count). The van der Waals surface area contributed by atoms with Crippen LogP contribution in [0.2, 0.25) is 0 Å². The molecule has 2 unspecified atom stereocenters. The largest absolute Gasteiger partial charge is 0.490 e. The quantitative estimate of drug-likeness (QED) is 0.790. The zero-order valence-corrected chi connectivity index (χ0v) is 10.7. The molecule has 2 atom stereocenters. The van der Waals surface area contributed by atoms with Gasteiger partial charge < -0.3 is 20.1 Å². The van der Waals surface area contributed by atoms with E-state index in [1.54, 1.807) is 0 Å². The van der Waals surface area contributed by atoms with Gasteiger partial charge in [0.1, 0.15) is 0 Å². The Kier molecular flexibility index (Phi) is 3.39. The lowest BCUT2D eigenvalue weighted by Gasteiger charge is -2.31. The number of benzene rings is 1. The van der Waals surface area contributed by atoms with Gasteiger partial charge in [-0.1, -0.05) is 6.07 Å². The first kappa shape index (κ1) is 11.8. The van der Waals surface area contributed by atoms with E-state index in [1.165, 1.54) is 5.56 Å². The highest BCUT2D eigenvalue weighted by Crippen LogP contribution is 2.33. The molecule has 2 heterocycles. The number of ether oxygens (including phenoxy) is 2. The second kappa shape index (κ2) is 5.16. The highest BCUT2D eigenvalue weighted by molar-refractivity contribution is 5.44. The maximum Gasteiger partial charge on any atom is 0.161 e. The summed E-state index contributed by atoms with van der Waals surface area (Å²) >= 11 is 0. The highest BCUT2D eigenvalue weighted by Gasteiger charge is 2.23. The fraction of sp³-hybridized carbons (Fsp3) is 0.571. The van der Waals surface area contributed by atoms with Crippen LogP contribution >= 0.6 is 0 Å². The topological polar surface area (TPSA) is 42.5 Å². The monoisotopic (exact) mass is 248 g/mol. The Balaban J connectivity index is 1.86. The van der Waals surface area contributed by atoms with Crippen molar-refractivity contribution in [3.05, 3.63) is 23.8 Å². The second-order valence-electron chi connectivity index (χ2n) is 4.93. The Labute approximate surface area is 108 Å². The molecule has 18 heavy (non-hydrogen) atoms. The first-order valence-corrected chi connectivity index (χ1v) is 6.71. The maximum absolute atomic E-state index is 5.74. The third kappa shape index (κ3) is 2.31. The smallest absolute Gasteiger partial charge is 0.161 e. The molecule has 2 N–H and O–H groups in total. The number of hydrogen-bond donors (Lipinski definition) is 2. The van der Waals surface area contributed by atoms with Gasteiger partial charge in [-0.2, -0.15) is 0 Å². The van der Waals surface area contributed by atoms with Gasteiger partial charge in [-0.05, 0) is 24.6 Å². The Morgan fingerprint density at radius 1 is 1.06 bits per heavy atom. The minimum atomic E-state index is 0.343. The molecule has 1 aromatic carbocycles. The van der Waals surface area contributed by atoms with Crippen molar-refractivity contribution in [3.63, 3.8) is 0 Å². The van der Waals surface area contributed by atoms with Gasteiger partial charge >= 0.3 is 0 Å². The third-order valence-electron chi connectivity index (χ3n) is 3.59. The Bertz CT molecular complexity index is 422. The van der Waals surface area contributed by atoms with Crippen LogP contribution in [0.15, 0.2) is 18.2 Å². The SMILES string of the molecule is CC1NCCNC1c1ccc2c(c1)OCCCO2. The molecular weight excluding hydrogens is 228 g/mol. The van der Waals surface area contributed by atoms with Crippen LogP contribution in [0.4, 0.5) is 0 Å². The molecule has 0 aromatic heterocycles. The lowest BCUT2D eigenvalue weighted by Crippen LogP contribution is -2.48. The average molecular weight is 248 g/mol. The molecule has 0 saturated carbocycles. The molecule has 0 bridgehead atoms. The summed E-state index contributed by atoms with van der Waals surface area (Å²) in [5.41, 5.74) is 1.26. The Morgan fingerprint density at radius 2 is 1.83 bits per heavy atom. The summed E-state index contributed by atoms with van der Waals surface area (Å²) in [4.78, 5) is 0. The summed E-state index contributed by atoms with van der Waals surface area (Å²) in [6.07, 6.45) is 0.948. The van der Waals surface area contributed by atoms with Crippen LogP contribution in [0, 0.1) is 0 Å². The zero-order valence-electron chi connectivity index (χ0n) is 10.7. The van der Waals surface area contributed by atoms with E-state index in [2.05, 4.69) is 29.7 Å². The van der Waals surface area contributed by atoms with Crippen molar-refractivity contribution in [3.8, 4) is 11.5 Å². The van der Waals surface area contributed by atoms with Crippen LogP contribution in [-0.2, 0) is 0 Å². The van der Waals surface area contributed by atoms with E-state index in [4.69, 9.17) is 9.47 Å². The first-order chi connectivity index (χ1) is 8.84. The summed E-state index contributed by atoms with van der Waals surface area (Å²) in [6, 6.07) is 7.05. The number of rotatable bonds is 1. The molecular formula is C14H20N2O2. The fourth-order valence-electron chi connectivity index (χ4n) is 2.60. The van der Waals surface area contributed by atoms with Crippen molar-refractivity contribution >= 4 is 0 Å². The van der Waals surface area contributed by atoms with Gasteiger partial charge in [0.15, 0.2) is 11.5 Å². The summed E-state index contributed by atoms with van der Waals surface area (Å²) in [5.74, 6) is 1.75. The van der Waals surface area contributed by atoms with Gasteiger partial charge in [0.25, 0.3) is 0 Å². The summed E-state index contributed by atoms with van der Waals surface area (Å²) in [5, 5.41) is 7.04. The molecule has 0 aliphatic carbocycles. The van der Waals surface area contributed by atoms with E-state index in [1.807, 2.05) is 6.07 Å². The highest BCUT2D eigenvalue weighted by atomic mass is 16.5. The molecule has 4 nitrogen and oxygen atoms in total. The normalized spacial score (nSPS) is 27.6. The van der Waals surface area contributed by atoms with E-state index in [-0.39, 0.29) is 0 Å². The van der Waals surface area contributed by atoms with Gasteiger partial charge in [0.2, 0.25) is 0 Å². The van der Waals surface area contributed by atoms with Crippen LogP contribution in [0.1, 0.15) is 24.9 Å². The van der Waals surface area contributed by atoms with Crippen molar-refractivity contribution in [2.75, 3.05) is 26.3 Å². The van der Waals surface area contributed by atoms with Crippen LogP contribution in [0.25, 0.3) is 0 Å². The Hall–Kier alpha value is -1.26. The zero-order chi connectivity index (χ0) is 12.4. The minimum Gasteiger partial charge on any atom is -0.490 e. The van der Waals surface area contributed by atoms with Gasteiger partial charge in [-0.25, -0.2) is 0 Å². The molecule has 2 aliphatic heterocycles. The van der Waals surface area contributed by atoms with Crippen molar-refractivity contribution in [1.82, 2.24) is 10.6 Å². The van der Waals surface area contributed by atoms with E-state index >= 15 is 0 Å². The van der Waals surface area contributed by atoms with Crippen molar-refractivity contribution in [2.45, 2.75) is 25.4 Å². The third-order valence-corrected chi connectivity index (χ3v) is 3.59. The molecule has 0 radical (unpaired) electrons. The molecule has 4 heteroatoms. The van der Waals surface area contributed by atoms with Crippen LogP contribution in [-0.4, -0.2) is 32.3 Å². The van der Waals surface area contributed by atoms with Crippen LogP contribution in [0.3, 0.4) is 0 Å². The summed E-state index contributed by atoms with van der Waals surface area (Å²) in [7, 11) is 0. The van der Waals surface area contributed by atoms with Crippen LogP contribution < -0.4 is 20.1 Å². The molecule has 1 aromatic rings. The molecule has 1 fully saturated rings. The number of hydrogen-bond acceptors (Lipinski definition) is 4. The fourth-order valence-corrected chi connectivity index (χ4v) is 2.60. The van der Waals surface area contributed by atoms with E-state index < -0.39 is 0 Å². The molecule has 0 amide bonds. The maximum atomic E-state index is 5.74. The predicted molar refractivity (Wildman–Crippen MR) is 70.3 cm³/mol. The van der Waals surface area contributed by atoms with Gasteiger partial charge in [-0.3, -0.25) is 0 Å². The van der Waals surface area contributed by atoms with E-state index in [0.29, 0.717) is 12.1 Å². The lowest BCUT2D eigenvalue weighted by molar-refractivity contribution is 0.296. The second-order valence-corrected chi connectivity index (χ2v) is 4.93. The summed E-state index contributed by atoms with van der Waals surface area (Å²) in [6.45, 7) is 5.72. The average Bonchev–Trinajstić information content (AvgIpc) is 2.63. The summed E-state index contributed by atoms with van der Waals surface area (Å²) < 4.78 is 11.4. The number of piperazine rings is 1. The standard InChI is InChI=1S/C14H20N2O2/c1-10-14(16-6-5-15-10)11-3-4-12-13(9-11)18-8-2-7-17-12/h3-4,9-10,14-16H,2,5-8H2,1H3. The van der Waals surface area contributed by atoms with E-state index in [0.717, 1.165) is 44.2 Å². The van der Waals surface area contributed by atoms with E-state index in [9.17, 15) is 0 Å². The Morgan fingerprint density at radius 3 is 2.67 bits per heavy atom. The number of nitrogens with one attached hydrogen (secondary N) is 2. The predicted octanol–water partition coefficient (Wildman–Crippen LogP) is 1.47. The molecule has 0 spiro atoms. The molecule has 1 saturated heterocycles.